The molecule has 2 N–H and O–H groups in total. The third-order valence-corrected chi connectivity index (χ3v) is 3.84. The summed E-state index contributed by atoms with van der Waals surface area (Å²) in [4.78, 5) is 29.3. The van der Waals surface area contributed by atoms with Crippen LogP contribution < -0.4 is 10.6 Å². The number of rotatable bonds is 6. The van der Waals surface area contributed by atoms with Gasteiger partial charge in [0.05, 0.1) is 6.54 Å². The van der Waals surface area contributed by atoms with E-state index in [1.165, 1.54) is 19.9 Å². The van der Waals surface area contributed by atoms with Gasteiger partial charge in [0.25, 0.3) is 11.7 Å². The second kappa shape index (κ2) is 7.88. The highest BCUT2D eigenvalue weighted by molar-refractivity contribution is 5.89. The van der Waals surface area contributed by atoms with Gasteiger partial charge >= 0.3 is 0 Å². The average Bonchev–Trinajstić information content (AvgIpc) is 2.99. The first kappa shape index (κ1) is 16.4. The highest BCUT2D eigenvalue weighted by atomic mass is 16.5. The summed E-state index contributed by atoms with van der Waals surface area (Å²) in [6.07, 6.45) is 3.78. The Balaban J connectivity index is 1.69. The van der Waals surface area contributed by atoms with Crippen LogP contribution in [0, 0.1) is 5.92 Å². The van der Waals surface area contributed by atoms with Gasteiger partial charge in [-0.05, 0) is 38.8 Å². The Morgan fingerprint density at radius 3 is 3.00 bits per heavy atom. The average molecular weight is 309 g/mol. The molecule has 8 heteroatoms. The van der Waals surface area contributed by atoms with E-state index < -0.39 is 5.91 Å². The van der Waals surface area contributed by atoms with Gasteiger partial charge in [-0.2, -0.15) is 4.98 Å². The lowest BCUT2D eigenvalue weighted by Gasteiger charge is -2.29. The first-order valence-electron chi connectivity index (χ1n) is 7.58. The first-order chi connectivity index (χ1) is 10.6. The molecule has 8 nitrogen and oxygen atoms in total. The van der Waals surface area contributed by atoms with E-state index in [-0.39, 0.29) is 24.2 Å². The summed E-state index contributed by atoms with van der Waals surface area (Å²) in [6.45, 7) is 2.35. The Morgan fingerprint density at radius 2 is 2.27 bits per heavy atom. The van der Waals surface area contributed by atoms with Crippen molar-refractivity contribution in [2.24, 2.45) is 5.92 Å². The Labute approximate surface area is 129 Å². The normalized spacial score (nSPS) is 18.9. The maximum Gasteiger partial charge on any atom is 0.292 e. The van der Waals surface area contributed by atoms with Crippen molar-refractivity contribution in [3.8, 4) is 0 Å². The van der Waals surface area contributed by atoms with Crippen LogP contribution in [0.15, 0.2) is 4.52 Å². The zero-order valence-electron chi connectivity index (χ0n) is 13.1. The Morgan fingerprint density at radius 1 is 1.45 bits per heavy atom. The van der Waals surface area contributed by atoms with E-state index in [1.54, 1.807) is 0 Å². The molecule has 1 atom stereocenters. The minimum Gasteiger partial charge on any atom is -0.352 e. The van der Waals surface area contributed by atoms with Crippen LogP contribution in [0.3, 0.4) is 0 Å². The Bertz CT molecular complexity index is 516. The summed E-state index contributed by atoms with van der Waals surface area (Å²) in [5, 5.41) is 8.68. The predicted octanol–water partition coefficient (Wildman–Crippen LogP) is 0.167. The Kier molecular flexibility index (Phi) is 5.88. The third kappa shape index (κ3) is 4.80. The summed E-state index contributed by atoms with van der Waals surface area (Å²) in [6, 6.07) is 0. The number of piperidine rings is 1. The van der Waals surface area contributed by atoms with Gasteiger partial charge in [-0.1, -0.05) is 5.16 Å². The smallest absolute Gasteiger partial charge is 0.292 e. The maximum absolute atomic E-state index is 11.8. The summed E-state index contributed by atoms with van der Waals surface area (Å²) < 4.78 is 4.90. The van der Waals surface area contributed by atoms with Crippen molar-refractivity contribution < 1.29 is 14.1 Å². The van der Waals surface area contributed by atoms with Crippen LogP contribution in [0.1, 0.15) is 42.2 Å². The molecule has 1 aliphatic rings. The lowest BCUT2D eigenvalue weighted by atomic mass is 9.93. The van der Waals surface area contributed by atoms with Gasteiger partial charge in [0.2, 0.25) is 11.8 Å². The van der Waals surface area contributed by atoms with E-state index in [9.17, 15) is 9.59 Å². The van der Waals surface area contributed by atoms with Crippen molar-refractivity contribution in [1.29, 1.82) is 0 Å². The zero-order chi connectivity index (χ0) is 15.9. The second-order valence-corrected chi connectivity index (χ2v) is 5.68. The van der Waals surface area contributed by atoms with Crippen LogP contribution in [0.25, 0.3) is 0 Å². The molecule has 0 aliphatic carbocycles. The van der Waals surface area contributed by atoms with Crippen molar-refractivity contribution >= 4 is 11.8 Å². The summed E-state index contributed by atoms with van der Waals surface area (Å²) in [7, 11) is 3.61. The highest BCUT2D eigenvalue weighted by Gasteiger charge is 2.18. The molecule has 0 saturated carbocycles. The molecule has 0 unspecified atom stereocenters. The van der Waals surface area contributed by atoms with Crippen LogP contribution in [0.2, 0.25) is 0 Å². The number of likely N-dealkylation sites (tertiary alicyclic amines) is 1. The first-order valence-corrected chi connectivity index (χ1v) is 7.58. The number of carbonyl (C=O) groups excluding carboxylic acids is 2. The van der Waals surface area contributed by atoms with E-state index in [4.69, 9.17) is 4.52 Å². The van der Waals surface area contributed by atoms with E-state index in [0.717, 1.165) is 19.5 Å². The number of hydrogen-bond acceptors (Lipinski definition) is 6. The summed E-state index contributed by atoms with van der Waals surface area (Å²) in [5.41, 5.74) is 0. The molecule has 0 bridgehead atoms. The van der Waals surface area contributed by atoms with E-state index in [0.29, 0.717) is 12.3 Å². The molecule has 2 heterocycles. The molecule has 1 fully saturated rings. The number of nitrogens with zero attached hydrogens (tertiary/aromatic N) is 3. The lowest BCUT2D eigenvalue weighted by Crippen LogP contribution is -2.33. The fourth-order valence-corrected chi connectivity index (χ4v) is 2.64. The van der Waals surface area contributed by atoms with Crippen molar-refractivity contribution in [2.75, 3.05) is 27.2 Å². The van der Waals surface area contributed by atoms with Gasteiger partial charge in [0.15, 0.2) is 0 Å². The third-order valence-electron chi connectivity index (χ3n) is 3.84. The SMILES string of the molecule is CNC(=O)c1noc(CNC(=O)CC[C@H]2CCCN(C)C2)n1. The molecule has 1 aromatic rings. The standard InChI is InChI=1S/C14H23N5O3/c1-15-14(21)13-17-12(22-18-13)8-16-11(20)6-5-10-4-3-7-19(2)9-10/h10H,3-9H2,1-2H3,(H,15,21)(H,16,20)/t10-/m1/s1. The minimum atomic E-state index is -0.414. The molecule has 1 aromatic heterocycles. The van der Waals surface area contributed by atoms with Crippen LogP contribution in [-0.2, 0) is 11.3 Å². The largest absolute Gasteiger partial charge is 0.352 e. The van der Waals surface area contributed by atoms with Gasteiger partial charge in [-0.3, -0.25) is 9.59 Å². The molecule has 2 rings (SSSR count). The lowest BCUT2D eigenvalue weighted by molar-refractivity contribution is -0.121. The summed E-state index contributed by atoms with van der Waals surface area (Å²) >= 11 is 0. The van der Waals surface area contributed by atoms with Crippen molar-refractivity contribution in [3.63, 3.8) is 0 Å². The molecular formula is C14H23N5O3. The second-order valence-electron chi connectivity index (χ2n) is 5.68. The van der Waals surface area contributed by atoms with E-state index in [2.05, 4.69) is 32.7 Å². The zero-order valence-corrected chi connectivity index (χ0v) is 13.1. The van der Waals surface area contributed by atoms with Crippen molar-refractivity contribution in [1.82, 2.24) is 25.7 Å². The van der Waals surface area contributed by atoms with Crippen LogP contribution >= 0.6 is 0 Å². The Hall–Kier alpha value is -1.96. The highest BCUT2D eigenvalue weighted by Crippen LogP contribution is 2.19. The van der Waals surface area contributed by atoms with Crippen molar-refractivity contribution in [3.05, 3.63) is 11.7 Å². The fourth-order valence-electron chi connectivity index (χ4n) is 2.64. The van der Waals surface area contributed by atoms with Gasteiger partial charge in [-0.25, -0.2) is 0 Å². The molecule has 22 heavy (non-hydrogen) atoms. The molecule has 1 saturated heterocycles. The molecule has 122 valence electrons. The fraction of sp³-hybridized carbons (Fsp3) is 0.714. The monoisotopic (exact) mass is 309 g/mol. The minimum absolute atomic E-state index is 0.0306. The van der Waals surface area contributed by atoms with Crippen LogP contribution in [-0.4, -0.2) is 54.0 Å². The van der Waals surface area contributed by atoms with Gasteiger partial charge in [0.1, 0.15) is 0 Å². The van der Waals surface area contributed by atoms with Gasteiger partial charge in [0, 0.05) is 20.0 Å². The number of amides is 2. The molecule has 0 radical (unpaired) electrons. The number of aromatic nitrogens is 2. The van der Waals surface area contributed by atoms with Crippen LogP contribution in [0.5, 0.6) is 0 Å². The van der Waals surface area contributed by atoms with E-state index >= 15 is 0 Å². The predicted molar refractivity (Wildman–Crippen MR) is 79.0 cm³/mol. The number of nitrogens with one attached hydrogen (secondary N) is 2. The molecule has 0 spiro atoms. The van der Waals surface area contributed by atoms with Crippen LogP contribution in [0.4, 0.5) is 0 Å². The summed E-state index contributed by atoms with van der Waals surface area (Å²) in [5.74, 6) is 0.338. The quantitative estimate of drug-likeness (QED) is 0.777. The van der Waals surface area contributed by atoms with Gasteiger partial charge < -0.3 is 20.1 Å². The number of hydrogen-bond donors (Lipinski definition) is 2. The molecule has 0 aromatic carbocycles. The van der Waals surface area contributed by atoms with E-state index in [1.807, 2.05) is 0 Å². The molecular weight excluding hydrogens is 286 g/mol. The molecule has 1 aliphatic heterocycles. The van der Waals surface area contributed by atoms with Crippen molar-refractivity contribution in [2.45, 2.75) is 32.2 Å². The molecule has 2 amide bonds. The maximum atomic E-state index is 11.8. The topological polar surface area (TPSA) is 100 Å². The number of carbonyl (C=O) groups is 2. The van der Waals surface area contributed by atoms with Gasteiger partial charge in [-0.15, -0.1) is 0 Å².